The summed E-state index contributed by atoms with van der Waals surface area (Å²) in [6.45, 7) is 3.52. The molecule has 0 aliphatic carbocycles. The summed E-state index contributed by atoms with van der Waals surface area (Å²) < 4.78 is 13.8. The van der Waals surface area contributed by atoms with Crippen LogP contribution in [0.2, 0.25) is 6.32 Å². The topological polar surface area (TPSA) is 46.4 Å². The molecule has 0 unspecified atom stereocenters. The highest BCUT2D eigenvalue weighted by Gasteiger charge is 2.14. The zero-order valence-electron chi connectivity index (χ0n) is 10.1. The van der Waals surface area contributed by atoms with E-state index in [1.165, 1.54) is 12.1 Å². The smallest absolute Gasteiger partial charge is 0.272 e. The van der Waals surface area contributed by atoms with Crippen molar-refractivity contribution >= 4 is 19.2 Å². The summed E-state index contributed by atoms with van der Waals surface area (Å²) >= 11 is 0. The first-order valence-corrected chi connectivity index (χ1v) is 5.79. The van der Waals surface area contributed by atoms with Crippen LogP contribution >= 0.6 is 0 Å². The molecule has 0 saturated heterocycles. The van der Waals surface area contributed by atoms with Crippen LogP contribution in [-0.2, 0) is 0 Å². The fourth-order valence-corrected chi connectivity index (χ4v) is 1.76. The van der Waals surface area contributed by atoms with Crippen LogP contribution in [0, 0.1) is 15.9 Å². The van der Waals surface area contributed by atoms with Gasteiger partial charge in [0.1, 0.15) is 7.85 Å². The van der Waals surface area contributed by atoms with E-state index in [9.17, 15) is 14.5 Å². The number of nitro benzene ring substituents is 1. The van der Waals surface area contributed by atoms with Gasteiger partial charge in [-0.25, -0.2) is 4.39 Å². The number of hydrogen-bond donors (Lipinski definition) is 0. The fraction of sp³-hybridized carbons (Fsp3) is 0.455. The quantitative estimate of drug-likeness (QED) is 0.432. The number of hydrogen-bond acceptors (Lipinski definition) is 3. The van der Waals surface area contributed by atoms with Crippen molar-refractivity contribution in [2.45, 2.75) is 19.7 Å². The lowest BCUT2D eigenvalue weighted by molar-refractivity contribution is -0.385. The van der Waals surface area contributed by atoms with Gasteiger partial charge >= 0.3 is 0 Å². The monoisotopic (exact) mass is 238 g/mol. The molecule has 0 saturated carbocycles. The average molecular weight is 238 g/mol. The molecular weight excluding hydrogens is 222 g/mol. The molecule has 1 rings (SSSR count). The van der Waals surface area contributed by atoms with Crippen LogP contribution in [0.1, 0.15) is 13.3 Å². The van der Waals surface area contributed by atoms with E-state index < -0.39 is 10.7 Å². The average Bonchev–Trinajstić information content (AvgIpc) is 2.28. The second-order valence-electron chi connectivity index (χ2n) is 3.88. The van der Waals surface area contributed by atoms with Gasteiger partial charge in [-0.2, -0.15) is 0 Å². The SMILES string of the molecule is BCCN(CCC)c1ccc([N+](=O)[O-])cc1F. The predicted molar refractivity (Wildman–Crippen MR) is 68.9 cm³/mol. The standard InChI is InChI=1S/C11H16BFN2O2/c1-2-6-14(7-5-12)11-4-3-9(15(16)17)8-10(11)13/h3-4,8H,2,5-7,12H2,1H3. The third kappa shape index (κ3) is 3.44. The molecule has 92 valence electrons. The number of nitrogens with zero attached hydrogens (tertiary/aromatic N) is 2. The summed E-state index contributed by atoms with van der Waals surface area (Å²) in [6, 6.07) is 3.81. The molecular formula is C11H16BFN2O2. The molecule has 0 aromatic heterocycles. The number of nitro groups is 1. The van der Waals surface area contributed by atoms with Crippen molar-refractivity contribution in [1.82, 2.24) is 0 Å². The first-order valence-electron chi connectivity index (χ1n) is 5.79. The normalized spacial score (nSPS) is 10.2. The highest BCUT2D eigenvalue weighted by molar-refractivity contribution is 6.08. The number of halogens is 1. The maximum Gasteiger partial charge on any atom is 0.272 e. The van der Waals surface area contributed by atoms with Gasteiger partial charge < -0.3 is 4.90 Å². The molecule has 17 heavy (non-hydrogen) atoms. The van der Waals surface area contributed by atoms with Gasteiger partial charge in [-0.3, -0.25) is 10.1 Å². The van der Waals surface area contributed by atoms with E-state index in [-0.39, 0.29) is 5.69 Å². The molecule has 0 heterocycles. The van der Waals surface area contributed by atoms with Gasteiger partial charge in [0, 0.05) is 19.2 Å². The highest BCUT2D eigenvalue weighted by atomic mass is 19.1. The Bertz CT molecular complexity index is 395. The molecule has 0 aliphatic rings. The van der Waals surface area contributed by atoms with E-state index >= 15 is 0 Å². The Morgan fingerprint density at radius 1 is 1.47 bits per heavy atom. The van der Waals surface area contributed by atoms with Crippen LogP contribution in [0.15, 0.2) is 18.2 Å². The van der Waals surface area contributed by atoms with E-state index in [0.29, 0.717) is 5.69 Å². The lowest BCUT2D eigenvalue weighted by Gasteiger charge is -2.24. The first-order chi connectivity index (χ1) is 8.10. The van der Waals surface area contributed by atoms with Crippen molar-refractivity contribution in [2.24, 2.45) is 0 Å². The Morgan fingerprint density at radius 3 is 2.65 bits per heavy atom. The fourth-order valence-electron chi connectivity index (χ4n) is 1.76. The largest absolute Gasteiger partial charge is 0.370 e. The second-order valence-corrected chi connectivity index (χ2v) is 3.88. The molecule has 0 fully saturated rings. The van der Waals surface area contributed by atoms with E-state index in [0.717, 1.165) is 31.9 Å². The third-order valence-electron chi connectivity index (χ3n) is 2.47. The minimum atomic E-state index is -0.586. The van der Waals surface area contributed by atoms with E-state index in [4.69, 9.17) is 0 Å². The van der Waals surface area contributed by atoms with Gasteiger partial charge in [-0.05, 0) is 12.5 Å². The summed E-state index contributed by atoms with van der Waals surface area (Å²) in [5.74, 6) is -0.527. The molecule has 1 aromatic rings. The Morgan fingerprint density at radius 2 is 2.18 bits per heavy atom. The summed E-state index contributed by atoms with van der Waals surface area (Å²) in [6.07, 6.45) is 1.83. The Kier molecular flexibility index (Phi) is 4.94. The minimum absolute atomic E-state index is 0.209. The van der Waals surface area contributed by atoms with Crippen molar-refractivity contribution in [1.29, 1.82) is 0 Å². The molecule has 4 nitrogen and oxygen atoms in total. The van der Waals surface area contributed by atoms with E-state index in [2.05, 4.69) is 0 Å². The van der Waals surface area contributed by atoms with Gasteiger partial charge in [0.15, 0.2) is 5.82 Å². The maximum atomic E-state index is 13.8. The molecule has 6 heteroatoms. The van der Waals surface area contributed by atoms with Crippen molar-refractivity contribution in [3.05, 3.63) is 34.1 Å². The van der Waals surface area contributed by atoms with Crippen molar-refractivity contribution < 1.29 is 9.31 Å². The molecule has 0 aliphatic heterocycles. The van der Waals surface area contributed by atoms with Crippen LogP contribution in [0.25, 0.3) is 0 Å². The Balaban J connectivity index is 2.99. The number of anilines is 1. The van der Waals surface area contributed by atoms with Gasteiger partial charge in [0.2, 0.25) is 0 Å². The maximum absolute atomic E-state index is 13.8. The van der Waals surface area contributed by atoms with Crippen LogP contribution in [0.4, 0.5) is 15.8 Å². The van der Waals surface area contributed by atoms with Gasteiger partial charge in [0.25, 0.3) is 5.69 Å². The van der Waals surface area contributed by atoms with Gasteiger partial charge in [-0.15, -0.1) is 0 Å². The van der Waals surface area contributed by atoms with Crippen LogP contribution < -0.4 is 4.90 Å². The van der Waals surface area contributed by atoms with Gasteiger partial charge in [-0.1, -0.05) is 13.2 Å². The van der Waals surface area contributed by atoms with Crippen molar-refractivity contribution in [2.75, 3.05) is 18.0 Å². The van der Waals surface area contributed by atoms with Gasteiger partial charge in [0.05, 0.1) is 16.7 Å². The Hall–Kier alpha value is -1.59. The molecule has 0 amide bonds. The molecule has 0 radical (unpaired) electrons. The lowest BCUT2D eigenvalue weighted by Crippen LogP contribution is -2.26. The van der Waals surface area contributed by atoms with Crippen molar-refractivity contribution in [3.63, 3.8) is 0 Å². The summed E-state index contributed by atoms with van der Waals surface area (Å²) in [5.41, 5.74) is 0.235. The van der Waals surface area contributed by atoms with E-state index in [1.807, 2.05) is 19.7 Å². The predicted octanol–water partition coefficient (Wildman–Crippen LogP) is 2.00. The van der Waals surface area contributed by atoms with Crippen LogP contribution in [-0.4, -0.2) is 25.9 Å². The number of non-ortho nitro benzene ring substituents is 1. The Labute approximate surface area is 101 Å². The molecule has 0 bridgehead atoms. The number of rotatable bonds is 6. The zero-order chi connectivity index (χ0) is 12.8. The summed E-state index contributed by atoms with van der Waals surface area (Å²) in [4.78, 5) is 11.8. The van der Waals surface area contributed by atoms with Crippen LogP contribution in [0.5, 0.6) is 0 Å². The zero-order valence-corrected chi connectivity index (χ0v) is 10.1. The summed E-state index contributed by atoms with van der Waals surface area (Å²) in [7, 11) is 2.02. The summed E-state index contributed by atoms with van der Waals surface area (Å²) in [5, 5.41) is 10.5. The molecule has 1 aromatic carbocycles. The molecule has 0 atom stereocenters. The number of benzene rings is 1. The van der Waals surface area contributed by atoms with Crippen molar-refractivity contribution in [3.8, 4) is 0 Å². The first kappa shape index (κ1) is 13.5. The van der Waals surface area contributed by atoms with Crippen LogP contribution in [0.3, 0.4) is 0 Å². The second kappa shape index (κ2) is 6.22. The highest BCUT2D eigenvalue weighted by Crippen LogP contribution is 2.24. The molecule has 0 N–H and O–H groups in total. The molecule has 0 spiro atoms. The minimum Gasteiger partial charge on any atom is -0.370 e. The van der Waals surface area contributed by atoms with E-state index in [1.54, 1.807) is 0 Å². The lowest BCUT2D eigenvalue weighted by atomic mass is 10.0. The third-order valence-corrected chi connectivity index (χ3v) is 2.47.